The molecule has 2 amide bonds. The van der Waals surface area contributed by atoms with E-state index in [-0.39, 0.29) is 23.7 Å². The number of ether oxygens (including phenoxy) is 2. The van der Waals surface area contributed by atoms with Gasteiger partial charge < -0.3 is 24.7 Å². The highest BCUT2D eigenvalue weighted by Crippen LogP contribution is 2.19. The lowest BCUT2D eigenvalue weighted by Gasteiger charge is -2.17. The summed E-state index contributed by atoms with van der Waals surface area (Å²) in [5.74, 6) is 0.0455. The first kappa shape index (κ1) is 25.1. The Bertz CT molecular complexity index is 984. The third-order valence-corrected chi connectivity index (χ3v) is 5.07. The second-order valence-corrected chi connectivity index (χ2v) is 8.06. The van der Waals surface area contributed by atoms with E-state index in [4.69, 9.17) is 9.47 Å². The Morgan fingerprint density at radius 2 is 1.75 bits per heavy atom. The first-order chi connectivity index (χ1) is 15.3. The van der Waals surface area contributed by atoms with Gasteiger partial charge in [0.15, 0.2) is 0 Å². The average molecular weight is 444 g/mol. The molecule has 0 spiro atoms. The number of nitrogens with one attached hydrogen (secondary N) is 2. The van der Waals surface area contributed by atoms with Crippen LogP contribution in [0.1, 0.15) is 59.5 Å². The van der Waals surface area contributed by atoms with Gasteiger partial charge in [-0.15, -0.1) is 0 Å². The van der Waals surface area contributed by atoms with Crippen LogP contribution in [0.15, 0.2) is 41.5 Å². The number of aromatic nitrogens is 1. The lowest BCUT2D eigenvalue weighted by atomic mass is 10.1. The van der Waals surface area contributed by atoms with Gasteiger partial charge >= 0.3 is 0 Å². The van der Waals surface area contributed by atoms with Crippen LogP contribution in [0.4, 0.5) is 0 Å². The molecule has 0 aliphatic carbocycles. The number of pyridine rings is 1. The molecule has 1 aromatic carbocycles. The fraction of sp³-hybridized carbons (Fsp3) is 0.458. The highest BCUT2D eigenvalue weighted by molar-refractivity contribution is 5.99. The number of benzene rings is 1. The molecule has 1 heterocycles. The van der Waals surface area contributed by atoms with Gasteiger partial charge in [0.1, 0.15) is 16.9 Å². The number of hydrogen-bond acceptors (Lipinski definition) is 5. The molecular formula is C24H33N3O5. The largest absolute Gasteiger partial charge is 0.497 e. The van der Waals surface area contributed by atoms with Crippen molar-refractivity contribution in [1.29, 1.82) is 0 Å². The van der Waals surface area contributed by atoms with Crippen molar-refractivity contribution in [2.45, 2.75) is 39.8 Å². The van der Waals surface area contributed by atoms with Crippen LogP contribution in [-0.2, 0) is 11.3 Å². The minimum Gasteiger partial charge on any atom is -0.497 e. The molecule has 0 aliphatic rings. The van der Waals surface area contributed by atoms with Gasteiger partial charge in [-0.05, 0) is 37.0 Å². The van der Waals surface area contributed by atoms with Gasteiger partial charge in [0.25, 0.3) is 11.8 Å². The lowest BCUT2D eigenvalue weighted by Crippen LogP contribution is -2.37. The van der Waals surface area contributed by atoms with E-state index < -0.39 is 17.2 Å². The maximum Gasteiger partial charge on any atom is 0.257 e. The molecule has 1 aromatic heterocycles. The van der Waals surface area contributed by atoms with E-state index in [1.165, 1.54) is 19.5 Å². The molecule has 0 unspecified atom stereocenters. The summed E-state index contributed by atoms with van der Waals surface area (Å²) in [6.45, 7) is 7.18. The molecule has 2 rings (SSSR count). The lowest BCUT2D eigenvalue weighted by molar-refractivity contribution is 0.0934. The second-order valence-electron chi connectivity index (χ2n) is 8.06. The van der Waals surface area contributed by atoms with Gasteiger partial charge in [0, 0.05) is 32.6 Å². The molecule has 1 atom stereocenters. The zero-order chi connectivity index (χ0) is 23.7. The number of amides is 2. The SMILES string of the molecule is COCCNC(=O)c1cn(CCC(C)C)cc(C(=O)N[C@H](C)c2cccc(OC)c2)c1=O. The zero-order valence-corrected chi connectivity index (χ0v) is 19.4. The predicted octanol–water partition coefficient (Wildman–Crippen LogP) is 2.77. The van der Waals surface area contributed by atoms with Crippen LogP contribution in [-0.4, -0.2) is 43.8 Å². The molecule has 0 radical (unpaired) electrons. The fourth-order valence-electron chi connectivity index (χ4n) is 3.12. The molecule has 8 heteroatoms. The number of nitrogens with zero attached hydrogens (tertiary/aromatic N) is 1. The van der Waals surface area contributed by atoms with E-state index in [9.17, 15) is 14.4 Å². The van der Waals surface area contributed by atoms with Crippen LogP contribution >= 0.6 is 0 Å². The fourth-order valence-corrected chi connectivity index (χ4v) is 3.12. The minimum absolute atomic E-state index is 0.0634. The van der Waals surface area contributed by atoms with Crippen LogP contribution < -0.4 is 20.8 Å². The monoisotopic (exact) mass is 443 g/mol. The summed E-state index contributed by atoms with van der Waals surface area (Å²) in [4.78, 5) is 38.6. The molecule has 174 valence electrons. The summed E-state index contributed by atoms with van der Waals surface area (Å²) in [5.41, 5.74) is 0.108. The normalized spacial score (nSPS) is 11.8. The van der Waals surface area contributed by atoms with Gasteiger partial charge in [-0.3, -0.25) is 14.4 Å². The van der Waals surface area contributed by atoms with Crippen molar-refractivity contribution < 1.29 is 19.1 Å². The molecule has 0 saturated carbocycles. The third-order valence-electron chi connectivity index (χ3n) is 5.07. The maximum atomic E-state index is 13.0. The molecule has 2 N–H and O–H groups in total. The van der Waals surface area contributed by atoms with Gasteiger partial charge in [0.05, 0.1) is 19.8 Å². The Morgan fingerprint density at radius 1 is 1.06 bits per heavy atom. The van der Waals surface area contributed by atoms with E-state index in [0.29, 0.717) is 24.8 Å². The van der Waals surface area contributed by atoms with Crippen molar-refractivity contribution in [2.75, 3.05) is 27.4 Å². The smallest absolute Gasteiger partial charge is 0.257 e. The second kappa shape index (κ2) is 12.0. The highest BCUT2D eigenvalue weighted by Gasteiger charge is 2.21. The molecule has 0 saturated heterocycles. The number of carbonyl (C=O) groups is 2. The summed E-state index contributed by atoms with van der Waals surface area (Å²) in [5, 5.41) is 5.51. The van der Waals surface area contributed by atoms with Crippen LogP contribution in [0.5, 0.6) is 5.75 Å². The summed E-state index contributed by atoms with van der Waals surface area (Å²) >= 11 is 0. The van der Waals surface area contributed by atoms with Gasteiger partial charge in [-0.1, -0.05) is 26.0 Å². The van der Waals surface area contributed by atoms with E-state index in [1.54, 1.807) is 11.7 Å². The van der Waals surface area contributed by atoms with Gasteiger partial charge in [-0.25, -0.2) is 0 Å². The van der Waals surface area contributed by atoms with Crippen molar-refractivity contribution >= 4 is 11.8 Å². The molecule has 8 nitrogen and oxygen atoms in total. The number of hydrogen-bond donors (Lipinski definition) is 2. The number of methoxy groups -OCH3 is 2. The van der Waals surface area contributed by atoms with Crippen LogP contribution in [0, 0.1) is 5.92 Å². The Kier molecular flexibility index (Phi) is 9.46. The molecule has 2 aromatic rings. The molecule has 0 aliphatic heterocycles. The van der Waals surface area contributed by atoms with Crippen molar-refractivity contribution in [3.8, 4) is 5.75 Å². The Balaban J connectivity index is 2.33. The van der Waals surface area contributed by atoms with Gasteiger partial charge in [0.2, 0.25) is 5.43 Å². The predicted molar refractivity (Wildman–Crippen MR) is 123 cm³/mol. The Morgan fingerprint density at radius 3 is 2.38 bits per heavy atom. The summed E-state index contributed by atoms with van der Waals surface area (Å²) in [7, 11) is 3.10. The Labute approximate surface area is 188 Å². The first-order valence-corrected chi connectivity index (χ1v) is 10.7. The van der Waals surface area contributed by atoms with Crippen molar-refractivity contribution in [3.63, 3.8) is 0 Å². The summed E-state index contributed by atoms with van der Waals surface area (Å²) in [6.07, 6.45) is 3.87. The molecule has 0 fully saturated rings. The van der Waals surface area contributed by atoms with Crippen molar-refractivity contribution in [1.82, 2.24) is 15.2 Å². The van der Waals surface area contributed by atoms with E-state index >= 15 is 0 Å². The van der Waals surface area contributed by atoms with E-state index in [2.05, 4.69) is 24.5 Å². The Hall–Kier alpha value is -3.13. The standard InChI is InChI=1S/C24H33N3O5/c1-16(2)9-11-27-14-20(23(29)25-10-12-31-4)22(28)21(15-27)24(30)26-17(3)18-7-6-8-19(13-18)32-5/h6-8,13-17H,9-12H2,1-5H3,(H,25,29)(H,26,30)/t17-/m1/s1. The summed E-state index contributed by atoms with van der Waals surface area (Å²) in [6, 6.07) is 6.98. The highest BCUT2D eigenvalue weighted by atomic mass is 16.5. The van der Waals surface area contributed by atoms with Gasteiger partial charge in [-0.2, -0.15) is 0 Å². The number of rotatable bonds is 11. The van der Waals surface area contributed by atoms with Crippen molar-refractivity contribution in [2.24, 2.45) is 5.92 Å². The first-order valence-electron chi connectivity index (χ1n) is 10.7. The van der Waals surface area contributed by atoms with Crippen LogP contribution in [0.2, 0.25) is 0 Å². The van der Waals surface area contributed by atoms with Crippen LogP contribution in [0.3, 0.4) is 0 Å². The van der Waals surface area contributed by atoms with E-state index in [1.807, 2.05) is 31.2 Å². The zero-order valence-electron chi connectivity index (χ0n) is 19.4. The topological polar surface area (TPSA) is 98.7 Å². The molecule has 0 bridgehead atoms. The quantitative estimate of drug-likeness (QED) is 0.521. The number of carbonyl (C=O) groups excluding carboxylic acids is 2. The number of aryl methyl sites for hydroxylation is 1. The summed E-state index contributed by atoms with van der Waals surface area (Å²) < 4.78 is 11.9. The minimum atomic E-state index is -0.601. The average Bonchev–Trinajstić information content (AvgIpc) is 2.78. The molecule has 32 heavy (non-hydrogen) atoms. The third kappa shape index (κ3) is 6.95. The van der Waals surface area contributed by atoms with Crippen LogP contribution in [0.25, 0.3) is 0 Å². The maximum absolute atomic E-state index is 13.0. The van der Waals surface area contributed by atoms with Crippen molar-refractivity contribution in [3.05, 3.63) is 63.6 Å². The van der Waals surface area contributed by atoms with E-state index in [0.717, 1.165) is 12.0 Å². The molecular weight excluding hydrogens is 410 g/mol.